The van der Waals surface area contributed by atoms with E-state index in [0.29, 0.717) is 5.82 Å². The minimum atomic E-state index is -0.299. The zero-order valence-corrected chi connectivity index (χ0v) is 17.3. The summed E-state index contributed by atoms with van der Waals surface area (Å²) >= 11 is 3.43. The highest BCUT2D eigenvalue weighted by atomic mass is 79.9. The molecule has 0 amide bonds. The fourth-order valence-electron chi connectivity index (χ4n) is 2.71. The van der Waals surface area contributed by atoms with Crippen molar-refractivity contribution in [1.82, 2.24) is 19.9 Å². The third-order valence-electron chi connectivity index (χ3n) is 3.99. The molecule has 0 saturated heterocycles. The van der Waals surface area contributed by atoms with Gasteiger partial charge in [-0.2, -0.15) is 10.1 Å². The summed E-state index contributed by atoms with van der Waals surface area (Å²) in [6.07, 6.45) is 1.69. The van der Waals surface area contributed by atoms with E-state index in [4.69, 9.17) is 9.26 Å². The number of hydrogen-bond donors (Lipinski definition) is 0. The molecule has 0 unspecified atom stereocenters. The van der Waals surface area contributed by atoms with Crippen molar-refractivity contribution in [2.45, 2.75) is 20.0 Å². The second-order valence-corrected chi connectivity index (χ2v) is 7.48. The van der Waals surface area contributed by atoms with Crippen LogP contribution in [0.3, 0.4) is 0 Å². The quantitative estimate of drug-likeness (QED) is 0.443. The Morgan fingerprint density at radius 2 is 1.90 bits per heavy atom. The van der Waals surface area contributed by atoms with E-state index in [9.17, 15) is 4.79 Å². The first-order valence-electron chi connectivity index (χ1n) is 8.97. The van der Waals surface area contributed by atoms with Crippen molar-refractivity contribution in [3.05, 3.63) is 75.5 Å². The fraction of sp³-hybridized carbons (Fsp3) is 0.143. The van der Waals surface area contributed by atoms with Crippen LogP contribution in [0, 0.1) is 0 Å². The fourth-order valence-corrected chi connectivity index (χ4v) is 3.10. The van der Waals surface area contributed by atoms with E-state index in [0.717, 1.165) is 21.5 Å². The van der Waals surface area contributed by atoms with Crippen molar-refractivity contribution in [1.29, 1.82) is 0 Å². The van der Waals surface area contributed by atoms with Gasteiger partial charge in [-0.3, -0.25) is 4.79 Å². The van der Waals surface area contributed by atoms with Crippen molar-refractivity contribution >= 4 is 15.9 Å². The van der Waals surface area contributed by atoms with E-state index < -0.39 is 0 Å². The first-order valence-corrected chi connectivity index (χ1v) is 9.76. The van der Waals surface area contributed by atoms with E-state index in [1.165, 1.54) is 6.07 Å². The maximum atomic E-state index is 12.3. The van der Waals surface area contributed by atoms with Gasteiger partial charge in [0.15, 0.2) is 5.69 Å². The Kier molecular flexibility index (Phi) is 5.26. The van der Waals surface area contributed by atoms with Gasteiger partial charge in [-0.1, -0.05) is 27.2 Å². The highest BCUT2D eigenvalue weighted by Crippen LogP contribution is 2.23. The molecule has 4 rings (SSSR count). The highest BCUT2D eigenvalue weighted by molar-refractivity contribution is 9.10. The van der Waals surface area contributed by atoms with Crippen LogP contribution in [-0.2, 0) is 0 Å². The Balaban J connectivity index is 1.66. The molecule has 0 aliphatic rings. The summed E-state index contributed by atoms with van der Waals surface area (Å²) < 4.78 is 13.4. The topological polar surface area (TPSA) is 83.0 Å². The SMILES string of the molecule is CC(C)Oc1ccc(-c2noc(-c3nn(-c4cccc(Br)c4)ccc3=O)n2)cc1. The van der Waals surface area contributed by atoms with Gasteiger partial charge in [0.2, 0.25) is 11.3 Å². The molecule has 7 nitrogen and oxygen atoms in total. The summed E-state index contributed by atoms with van der Waals surface area (Å²) in [4.78, 5) is 16.7. The molecule has 0 fully saturated rings. The van der Waals surface area contributed by atoms with Gasteiger partial charge in [0, 0.05) is 22.3 Å². The molecule has 0 N–H and O–H groups in total. The molecule has 2 heterocycles. The van der Waals surface area contributed by atoms with Crippen molar-refractivity contribution < 1.29 is 9.26 Å². The van der Waals surface area contributed by atoms with Gasteiger partial charge in [0.1, 0.15) is 5.75 Å². The summed E-state index contributed by atoms with van der Waals surface area (Å²) in [6.45, 7) is 3.93. The standard InChI is InChI=1S/C21H17BrN4O3/c1-13(2)28-17-8-6-14(7-9-17)20-23-21(29-25-20)19-18(27)10-11-26(24-19)16-5-3-4-15(22)12-16/h3-13H,1-2H3. The third-order valence-corrected chi connectivity index (χ3v) is 4.49. The molecule has 0 saturated carbocycles. The minimum Gasteiger partial charge on any atom is -0.491 e. The lowest BCUT2D eigenvalue weighted by Gasteiger charge is -2.09. The van der Waals surface area contributed by atoms with Crippen molar-refractivity contribution in [2.24, 2.45) is 0 Å². The highest BCUT2D eigenvalue weighted by Gasteiger charge is 2.16. The average Bonchev–Trinajstić information content (AvgIpc) is 3.18. The van der Waals surface area contributed by atoms with Crippen LogP contribution in [-0.4, -0.2) is 26.0 Å². The second kappa shape index (κ2) is 8.00. The summed E-state index contributed by atoms with van der Waals surface area (Å²) in [7, 11) is 0. The minimum absolute atomic E-state index is 0.0665. The van der Waals surface area contributed by atoms with Crippen molar-refractivity contribution in [2.75, 3.05) is 0 Å². The van der Waals surface area contributed by atoms with Crippen LogP contribution >= 0.6 is 15.9 Å². The molecule has 4 aromatic rings. The predicted molar refractivity (Wildman–Crippen MR) is 112 cm³/mol. The number of nitrogens with zero attached hydrogens (tertiary/aromatic N) is 4. The third kappa shape index (κ3) is 4.27. The number of hydrogen-bond acceptors (Lipinski definition) is 6. The van der Waals surface area contributed by atoms with Crippen LogP contribution < -0.4 is 10.2 Å². The van der Waals surface area contributed by atoms with E-state index in [1.54, 1.807) is 10.9 Å². The van der Waals surface area contributed by atoms with E-state index in [2.05, 4.69) is 31.2 Å². The Bertz CT molecular complexity index is 1200. The summed E-state index contributed by atoms with van der Waals surface area (Å²) in [6, 6.07) is 16.3. The van der Waals surface area contributed by atoms with E-state index in [-0.39, 0.29) is 23.1 Å². The Labute approximate surface area is 175 Å². The van der Waals surface area contributed by atoms with E-state index in [1.807, 2.05) is 62.4 Å². The van der Waals surface area contributed by atoms with Gasteiger partial charge >= 0.3 is 0 Å². The lowest BCUT2D eigenvalue weighted by atomic mass is 10.2. The Morgan fingerprint density at radius 3 is 2.62 bits per heavy atom. The summed E-state index contributed by atoms with van der Waals surface area (Å²) in [5.74, 6) is 1.20. The maximum Gasteiger partial charge on any atom is 0.282 e. The Morgan fingerprint density at radius 1 is 1.10 bits per heavy atom. The maximum absolute atomic E-state index is 12.3. The van der Waals surface area contributed by atoms with E-state index >= 15 is 0 Å². The van der Waals surface area contributed by atoms with Crippen LogP contribution in [0.1, 0.15) is 13.8 Å². The number of halogens is 1. The normalized spacial score (nSPS) is 11.0. The van der Waals surface area contributed by atoms with Crippen molar-refractivity contribution in [3.63, 3.8) is 0 Å². The smallest absolute Gasteiger partial charge is 0.282 e. The molecule has 0 aliphatic heterocycles. The van der Waals surface area contributed by atoms with Gasteiger partial charge < -0.3 is 9.26 Å². The number of ether oxygens (including phenoxy) is 1. The molecule has 0 bridgehead atoms. The molecule has 29 heavy (non-hydrogen) atoms. The summed E-state index contributed by atoms with van der Waals surface area (Å²) in [5.41, 5.74) is 1.33. The molecule has 146 valence electrons. The first-order chi connectivity index (χ1) is 14.0. The largest absolute Gasteiger partial charge is 0.491 e. The van der Waals surface area contributed by atoms with Crippen LogP contribution in [0.2, 0.25) is 0 Å². The van der Waals surface area contributed by atoms with Crippen LogP contribution in [0.15, 0.2) is 74.6 Å². The first kappa shape index (κ1) is 19.1. The molecule has 0 spiro atoms. The molecule has 0 aliphatic carbocycles. The molecule has 2 aromatic heterocycles. The molecular formula is C21H17BrN4O3. The molecular weight excluding hydrogens is 436 g/mol. The van der Waals surface area contributed by atoms with Gasteiger partial charge in [-0.15, -0.1) is 0 Å². The zero-order chi connectivity index (χ0) is 20.4. The van der Waals surface area contributed by atoms with Crippen LogP contribution in [0.4, 0.5) is 0 Å². The monoisotopic (exact) mass is 452 g/mol. The van der Waals surface area contributed by atoms with Crippen molar-refractivity contribution in [3.8, 4) is 34.4 Å². The second-order valence-electron chi connectivity index (χ2n) is 6.57. The molecule has 0 radical (unpaired) electrons. The Hall–Kier alpha value is -3.26. The number of benzene rings is 2. The molecule has 0 atom stereocenters. The van der Waals surface area contributed by atoms with Crippen LogP contribution in [0.25, 0.3) is 28.7 Å². The van der Waals surface area contributed by atoms with Gasteiger partial charge in [0.25, 0.3) is 5.89 Å². The molecule has 2 aromatic carbocycles. The average molecular weight is 453 g/mol. The summed E-state index contributed by atoms with van der Waals surface area (Å²) in [5, 5.41) is 8.36. The number of aromatic nitrogens is 4. The van der Waals surface area contributed by atoms with Gasteiger partial charge in [-0.05, 0) is 56.3 Å². The van der Waals surface area contributed by atoms with Gasteiger partial charge in [-0.25, -0.2) is 4.68 Å². The zero-order valence-electron chi connectivity index (χ0n) is 15.7. The number of rotatable bonds is 5. The van der Waals surface area contributed by atoms with Gasteiger partial charge in [0.05, 0.1) is 11.8 Å². The lowest BCUT2D eigenvalue weighted by molar-refractivity contribution is 0.242. The molecule has 8 heteroatoms. The predicted octanol–water partition coefficient (Wildman–Crippen LogP) is 4.50. The lowest BCUT2D eigenvalue weighted by Crippen LogP contribution is -2.12. The van der Waals surface area contributed by atoms with Crippen LogP contribution in [0.5, 0.6) is 5.75 Å².